The number of rotatable bonds is 7. The Morgan fingerprint density at radius 3 is 2.83 bits per heavy atom. The van der Waals surface area contributed by atoms with E-state index in [2.05, 4.69) is 20.6 Å². The number of ether oxygens (including phenoxy) is 1. The molecule has 6 nitrogen and oxygen atoms in total. The van der Waals surface area contributed by atoms with E-state index in [0.717, 1.165) is 24.2 Å². The number of aromatic nitrogens is 2. The molecule has 0 unspecified atom stereocenters. The van der Waals surface area contributed by atoms with Gasteiger partial charge in [-0.3, -0.25) is 0 Å². The molecule has 0 aliphatic heterocycles. The van der Waals surface area contributed by atoms with Gasteiger partial charge in [0.15, 0.2) is 0 Å². The molecule has 0 atom stereocenters. The maximum atomic E-state index is 8.96. The van der Waals surface area contributed by atoms with E-state index in [1.54, 1.807) is 25.3 Å². The zero-order valence-corrected chi connectivity index (χ0v) is 13.6. The van der Waals surface area contributed by atoms with E-state index in [0.29, 0.717) is 35.0 Å². The number of methoxy groups -OCH3 is 1. The van der Waals surface area contributed by atoms with Gasteiger partial charge in [0.1, 0.15) is 11.6 Å². The summed E-state index contributed by atoms with van der Waals surface area (Å²) in [7, 11) is 1.61. The third kappa shape index (κ3) is 4.03. The van der Waals surface area contributed by atoms with Crippen molar-refractivity contribution in [2.75, 3.05) is 30.9 Å². The van der Waals surface area contributed by atoms with Crippen molar-refractivity contribution in [2.45, 2.75) is 18.8 Å². The summed E-state index contributed by atoms with van der Waals surface area (Å²) in [6.45, 7) is 0.440. The molecule has 1 heterocycles. The number of anilines is 3. The van der Waals surface area contributed by atoms with Gasteiger partial charge in [0.2, 0.25) is 5.95 Å². The lowest BCUT2D eigenvalue weighted by Gasteiger charge is -2.13. The van der Waals surface area contributed by atoms with Crippen LogP contribution in [0.25, 0.3) is 0 Å². The molecule has 0 bridgehead atoms. The van der Waals surface area contributed by atoms with Gasteiger partial charge in [-0.1, -0.05) is 11.6 Å². The predicted octanol–water partition coefficient (Wildman–Crippen LogP) is 3.16. The lowest BCUT2D eigenvalue weighted by molar-refractivity contribution is 0.311. The summed E-state index contributed by atoms with van der Waals surface area (Å²) in [5.74, 6) is 2.36. The van der Waals surface area contributed by atoms with Crippen molar-refractivity contribution in [3.63, 3.8) is 0 Å². The number of hydrogen-bond donors (Lipinski definition) is 3. The Morgan fingerprint density at radius 2 is 2.13 bits per heavy atom. The molecule has 1 saturated carbocycles. The zero-order valence-electron chi connectivity index (χ0n) is 12.8. The third-order valence-electron chi connectivity index (χ3n) is 3.56. The highest BCUT2D eigenvalue weighted by Gasteiger charge is 2.26. The smallest absolute Gasteiger partial charge is 0.224 e. The van der Waals surface area contributed by atoms with Crippen LogP contribution in [0.2, 0.25) is 5.02 Å². The second kappa shape index (κ2) is 7.02. The second-order valence-corrected chi connectivity index (χ2v) is 5.83. The Hall–Kier alpha value is -2.05. The van der Waals surface area contributed by atoms with E-state index in [9.17, 15) is 0 Å². The van der Waals surface area contributed by atoms with Gasteiger partial charge in [-0.25, -0.2) is 4.98 Å². The fourth-order valence-corrected chi connectivity index (χ4v) is 2.45. The van der Waals surface area contributed by atoms with Gasteiger partial charge < -0.3 is 20.5 Å². The van der Waals surface area contributed by atoms with E-state index >= 15 is 0 Å². The summed E-state index contributed by atoms with van der Waals surface area (Å²) in [6.07, 6.45) is 2.30. The van der Waals surface area contributed by atoms with E-state index in [4.69, 9.17) is 21.4 Å². The molecular formula is C16H19ClN4O2. The number of hydrogen-bond acceptors (Lipinski definition) is 6. The van der Waals surface area contributed by atoms with Crippen LogP contribution in [0.1, 0.15) is 24.5 Å². The summed E-state index contributed by atoms with van der Waals surface area (Å²) < 4.78 is 5.34. The average molecular weight is 335 g/mol. The minimum atomic E-state index is 0.0297. The molecule has 3 N–H and O–H groups in total. The molecule has 3 rings (SSSR count). The Morgan fingerprint density at radius 1 is 1.30 bits per heavy atom. The number of nitrogens with zero attached hydrogens (tertiary/aromatic N) is 2. The van der Waals surface area contributed by atoms with Gasteiger partial charge in [0.05, 0.1) is 25.1 Å². The van der Waals surface area contributed by atoms with Crippen LogP contribution in [-0.2, 0) is 0 Å². The number of aliphatic hydroxyl groups is 1. The average Bonchev–Trinajstić information content (AvgIpc) is 3.38. The van der Waals surface area contributed by atoms with E-state index < -0.39 is 0 Å². The van der Waals surface area contributed by atoms with Crippen molar-refractivity contribution in [2.24, 2.45) is 0 Å². The number of nitrogens with one attached hydrogen (secondary N) is 2. The van der Waals surface area contributed by atoms with Crippen LogP contribution in [0.15, 0.2) is 24.3 Å². The molecular weight excluding hydrogens is 316 g/mol. The van der Waals surface area contributed by atoms with Gasteiger partial charge in [0, 0.05) is 23.6 Å². The summed E-state index contributed by atoms with van der Waals surface area (Å²) in [4.78, 5) is 8.94. The van der Waals surface area contributed by atoms with E-state index in [-0.39, 0.29) is 6.61 Å². The summed E-state index contributed by atoms with van der Waals surface area (Å²) in [6, 6.07) is 7.32. The van der Waals surface area contributed by atoms with Crippen LogP contribution in [0.5, 0.6) is 5.75 Å². The van der Waals surface area contributed by atoms with Gasteiger partial charge in [-0.05, 0) is 31.0 Å². The maximum absolute atomic E-state index is 8.96. The molecule has 0 spiro atoms. The predicted molar refractivity (Wildman–Crippen MR) is 90.9 cm³/mol. The minimum absolute atomic E-state index is 0.0297. The normalized spacial score (nSPS) is 13.7. The standard InChI is InChI=1S/C16H19ClN4O2/c1-23-14-5-4-11(17)8-13(14)19-15-9-12(10-2-3-10)20-16(21-15)18-6-7-22/h4-5,8-10,22H,2-3,6-7H2,1H3,(H2,18,19,20,21). The largest absolute Gasteiger partial charge is 0.495 e. The summed E-state index contributed by atoms with van der Waals surface area (Å²) >= 11 is 6.06. The summed E-state index contributed by atoms with van der Waals surface area (Å²) in [5.41, 5.74) is 1.75. The Kier molecular flexibility index (Phi) is 4.83. The minimum Gasteiger partial charge on any atom is -0.495 e. The van der Waals surface area contributed by atoms with Gasteiger partial charge in [0.25, 0.3) is 0 Å². The van der Waals surface area contributed by atoms with Crippen LogP contribution < -0.4 is 15.4 Å². The van der Waals surface area contributed by atoms with Crippen LogP contribution in [0, 0.1) is 0 Å². The van der Waals surface area contributed by atoms with Crippen molar-refractivity contribution in [1.82, 2.24) is 9.97 Å². The number of benzene rings is 1. The van der Waals surface area contributed by atoms with Gasteiger partial charge in [-0.2, -0.15) is 4.98 Å². The number of halogens is 1. The van der Waals surface area contributed by atoms with E-state index in [1.807, 2.05) is 6.07 Å². The molecule has 1 aromatic heterocycles. The highest BCUT2D eigenvalue weighted by molar-refractivity contribution is 6.31. The third-order valence-corrected chi connectivity index (χ3v) is 3.80. The lowest BCUT2D eigenvalue weighted by atomic mass is 10.2. The van der Waals surface area contributed by atoms with Crippen LogP contribution in [0.4, 0.5) is 17.5 Å². The van der Waals surface area contributed by atoms with E-state index in [1.165, 1.54) is 0 Å². The first-order valence-corrected chi connectivity index (χ1v) is 7.91. The lowest BCUT2D eigenvalue weighted by Crippen LogP contribution is -2.10. The highest BCUT2D eigenvalue weighted by atomic mass is 35.5. The van der Waals surface area contributed by atoms with Crippen molar-refractivity contribution < 1.29 is 9.84 Å². The Bertz CT molecular complexity index is 692. The first-order chi connectivity index (χ1) is 11.2. The fraction of sp³-hybridized carbons (Fsp3) is 0.375. The highest BCUT2D eigenvalue weighted by Crippen LogP contribution is 2.40. The molecule has 1 aromatic carbocycles. The SMILES string of the molecule is COc1ccc(Cl)cc1Nc1cc(C2CC2)nc(NCCO)n1. The zero-order chi connectivity index (χ0) is 16.2. The number of aliphatic hydroxyl groups excluding tert-OH is 1. The van der Waals surface area contributed by atoms with Crippen LogP contribution >= 0.6 is 11.6 Å². The van der Waals surface area contributed by atoms with Gasteiger partial charge in [-0.15, -0.1) is 0 Å². The van der Waals surface area contributed by atoms with Crippen molar-refractivity contribution in [3.05, 3.63) is 35.0 Å². The molecule has 7 heteroatoms. The second-order valence-electron chi connectivity index (χ2n) is 5.40. The molecule has 0 saturated heterocycles. The van der Waals surface area contributed by atoms with Crippen molar-refractivity contribution in [1.29, 1.82) is 0 Å². The summed E-state index contributed by atoms with van der Waals surface area (Å²) in [5, 5.41) is 15.8. The topological polar surface area (TPSA) is 79.3 Å². The van der Waals surface area contributed by atoms with Crippen molar-refractivity contribution in [3.8, 4) is 5.75 Å². The Labute approximate surface area is 139 Å². The van der Waals surface area contributed by atoms with Gasteiger partial charge >= 0.3 is 0 Å². The van der Waals surface area contributed by atoms with Crippen LogP contribution in [0.3, 0.4) is 0 Å². The van der Waals surface area contributed by atoms with Crippen molar-refractivity contribution >= 4 is 29.1 Å². The molecule has 0 radical (unpaired) electrons. The molecule has 23 heavy (non-hydrogen) atoms. The fourth-order valence-electron chi connectivity index (χ4n) is 2.28. The molecule has 1 aliphatic carbocycles. The molecule has 1 fully saturated rings. The molecule has 0 amide bonds. The molecule has 1 aliphatic rings. The maximum Gasteiger partial charge on any atom is 0.224 e. The first-order valence-electron chi connectivity index (χ1n) is 7.54. The Balaban J connectivity index is 1.89. The van der Waals surface area contributed by atoms with Crippen LogP contribution in [-0.4, -0.2) is 35.3 Å². The quantitative estimate of drug-likeness (QED) is 0.721. The molecule has 122 valence electrons. The first kappa shape index (κ1) is 15.8. The monoisotopic (exact) mass is 334 g/mol. The molecule has 2 aromatic rings.